The maximum Gasteiger partial charge on any atom is 0.177 e. The maximum atomic E-state index is 2.54. The number of hydrogen-bond donors (Lipinski definition) is 0. The molecule has 20 heavy (non-hydrogen) atoms. The summed E-state index contributed by atoms with van der Waals surface area (Å²) in [4.78, 5) is 0. The Morgan fingerprint density at radius 3 is 0.650 bits per heavy atom. The Morgan fingerprint density at radius 1 is 0.400 bits per heavy atom. The molecule has 0 atom stereocenters. The molecule has 0 aliphatic carbocycles. The third-order valence-corrected chi connectivity index (χ3v) is 51.1. The smallest absolute Gasteiger partial charge is 0.177 e. The molecule has 1 rings (SSSR count). The van der Waals surface area contributed by atoms with Gasteiger partial charge < -0.3 is 0 Å². The molecule has 0 amide bonds. The Kier molecular flexibility index (Phi) is 4.62. The van der Waals surface area contributed by atoms with Crippen molar-refractivity contribution < 1.29 is 0 Å². The molecular weight excluding hydrogens is 312 g/mol. The summed E-state index contributed by atoms with van der Waals surface area (Å²) in [6.45, 7) is 29.9. The van der Waals surface area contributed by atoms with Gasteiger partial charge in [-0.2, -0.15) is 21.3 Å². The fourth-order valence-electron chi connectivity index (χ4n) is 3.89. The van der Waals surface area contributed by atoms with Gasteiger partial charge in [0.2, 0.25) is 0 Å². The zero-order valence-corrected chi connectivity index (χ0v) is 19.4. The van der Waals surface area contributed by atoms with E-state index >= 15 is 0 Å². The van der Waals surface area contributed by atoms with Gasteiger partial charge in [-0.25, -0.2) is 0 Å². The predicted octanol–water partition coefficient (Wildman–Crippen LogP) is 7.55. The van der Waals surface area contributed by atoms with Gasteiger partial charge in [0.25, 0.3) is 0 Å². The van der Waals surface area contributed by atoms with Gasteiger partial charge in [-0.15, -0.1) is 0 Å². The van der Waals surface area contributed by atoms with Crippen molar-refractivity contribution in [1.29, 1.82) is 0 Å². The van der Waals surface area contributed by atoms with Crippen molar-refractivity contribution in [3.05, 3.63) is 0 Å². The molecule has 0 unspecified atom stereocenters. The van der Waals surface area contributed by atoms with Crippen LogP contribution in [0.2, 0.25) is 20.2 Å². The van der Waals surface area contributed by atoms with Crippen LogP contribution in [0.3, 0.4) is 0 Å². The summed E-state index contributed by atoms with van der Waals surface area (Å²) in [6.07, 6.45) is -2.81. The second-order valence-corrected chi connectivity index (χ2v) is 33.1. The van der Waals surface area contributed by atoms with Crippen LogP contribution in [0.25, 0.3) is 0 Å². The maximum absolute atomic E-state index is 2.54. The predicted molar refractivity (Wildman–Crippen MR) is 106 cm³/mol. The molecule has 0 aromatic rings. The van der Waals surface area contributed by atoms with Crippen LogP contribution in [0.1, 0.15) is 83.1 Å². The quantitative estimate of drug-likeness (QED) is 0.414. The minimum Gasteiger partial charge on any atom is -0.182 e. The molecular formula is C16H36S2Si2. The average Bonchev–Trinajstić information content (AvgIpc) is 1.87. The van der Waals surface area contributed by atoms with Crippen LogP contribution in [0.5, 0.6) is 0 Å². The highest BCUT2D eigenvalue weighted by molar-refractivity contribution is 8.98. The normalized spacial score (nSPS) is 23.4. The molecule has 0 spiro atoms. The monoisotopic (exact) mass is 348 g/mol. The Labute approximate surface area is 137 Å². The molecule has 0 radical (unpaired) electrons. The van der Waals surface area contributed by atoms with E-state index in [0.717, 1.165) is 0 Å². The van der Waals surface area contributed by atoms with E-state index in [1.807, 2.05) is 0 Å². The van der Waals surface area contributed by atoms with Gasteiger partial charge in [-0.1, -0.05) is 83.1 Å². The van der Waals surface area contributed by atoms with Gasteiger partial charge in [0.15, 0.2) is 12.7 Å². The third kappa shape index (κ3) is 2.61. The summed E-state index contributed by atoms with van der Waals surface area (Å²) in [5.41, 5.74) is 0. The first-order chi connectivity index (χ1) is 8.41. The minimum absolute atomic E-state index is 0.466. The lowest BCUT2D eigenvalue weighted by Gasteiger charge is -2.70. The molecule has 1 aliphatic heterocycles. The van der Waals surface area contributed by atoms with Crippen molar-refractivity contribution in [3.8, 4) is 0 Å². The summed E-state index contributed by atoms with van der Waals surface area (Å²) in [5, 5.41) is 1.86. The van der Waals surface area contributed by atoms with E-state index in [1.165, 1.54) is 0 Å². The van der Waals surface area contributed by atoms with Crippen LogP contribution in [0.4, 0.5) is 0 Å². The molecule has 1 aliphatic rings. The lowest BCUT2D eigenvalue weighted by Crippen LogP contribution is -2.68. The number of rotatable bonds is 0. The van der Waals surface area contributed by atoms with Crippen LogP contribution in [0.15, 0.2) is 0 Å². The van der Waals surface area contributed by atoms with E-state index in [1.54, 1.807) is 0 Å². The molecule has 1 fully saturated rings. The highest BCUT2D eigenvalue weighted by atomic mass is 32.9. The van der Waals surface area contributed by atoms with Gasteiger partial charge in [-0.05, 0) is 20.2 Å². The summed E-state index contributed by atoms with van der Waals surface area (Å²) in [7, 11) is 5.07. The highest BCUT2D eigenvalue weighted by Gasteiger charge is 2.74. The second-order valence-electron chi connectivity index (χ2n) is 10.4. The van der Waals surface area contributed by atoms with E-state index in [0.29, 0.717) is 20.2 Å². The largest absolute Gasteiger partial charge is 0.182 e. The molecule has 0 aromatic heterocycles. The lowest BCUT2D eigenvalue weighted by atomic mass is 10.2. The van der Waals surface area contributed by atoms with E-state index in [-0.39, 0.29) is 0 Å². The van der Waals surface area contributed by atoms with Crippen molar-refractivity contribution in [3.63, 3.8) is 0 Å². The van der Waals surface area contributed by atoms with E-state index in [4.69, 9.17) is 0 Å². The first kappa shape index (κ1) is 19.2. The fourth-order valence-corrected chi connectivity index (χ4v) is 62.2. The van der Waals surface area contributed by atoms with Gasteiger partial charge >= 0.3 is 0 Å². The molecule has 0 N–H and O–H groups in total. The fraction of sp³-hybridized carbons (Fsp3) is 1.00. The van der Waals surface area contributed by atoms with Crippen molar-refractivity contribution in [2.75, 3.05) is 0 Å². The molecule has 0 saturated carbocycles. The van der Waals surface area contributed by atoms with Crippen molar-refractivity contribution in [2.24, 2.45) is 0 Å². The molecule has 0 nitrogen and oxygen atoms in total. The summed E-state index contributed by atoms with van der Waals surface area (Å²) in [5.74, 6) is 0. The van der Waals surface area contributed by atoms with Crippen molar-refractivity contribution >= 4 is 34.1 Å². The Balaban J connectivity index is 3.33. The van der Waals surface area contributed by atoms with E-state index in [9.17, 15) is 0 Å². The third-order valence-electron chi connectivity index (χ3n) is 4.52. The highest BCUT2D eigenvalue weighted by Crippen LogP contribution is 2.83. The van der Waals surface area contributed by atoms with Crippen LogP contribution in [-0.4, -0.2) is 12.7 Å². The first-order valence-corrected chi connectivity index (χ1v) is 16.3. The van der Waals surface area contributed by atoms with Crippen LogP contribution in [-0.2, 0) is 0 Å². The molecule has 1 heterocycles. The molecule has 0 bridgehead atoms. The van der Waals surface area contributed by atoms with Gasteiger partial charge in [0.05, 0.1) is 0 Å². The van der Waals surface area contributed by atoms with Gasteiger partial charge in [-0.3, -0.25) is 0 Å². The Hall–Kier alpha value is 1.13. The zero-order valence-electron chi connectivity index (χ0n) is 15.8. The van der Waals surface area contributed by atoms with E-state index in [2.05, 4.69) is 104 Å². The van der Waals surface area contributed by atoms with Gasteiger partial charge in [0, 0.05) is 0 Å². The second kappa shape index (κ2) is 4.81. The van der Waals surface area contributed by atoms with Gasteiger partial charge in [0.1, 0.15) is 0 Å². The minimum atomic E-state index is -1.41. The topological polar surface area (TPSA) is 0 Å². The van der Waals surface area contributed by atoms with E-state index < -0.39 is 12.7 Å². The van der Waals surface area contributed by atoms with Crippen molar-refractivity contribution in [1.82, 2.24) is 0 Å². The Morgan fingerprint density at radius 2 is 0.550 bits per heavy atom. The molecule has 4 heteroatoms. The lowest BCUT2D eigenvalue weighted by molar-refractivity contribution is 0.643. The SMILES string of the molecule is CC(C)(C)[Si]1(C(C)(C)C)S[Si](C(C)(C)C)(C(C)(C)C)S1. The number of hydrogen-bond acceptors (Lipinski definition) is 2. The Bertz CT molecular complexity index is 301. The summed E-state index contributed by atoms with van der Waals surface area (Å²) < 4.78 is 0. The average molecular weight is 349 g/mol. The molecule has 120 valence electrons. The van der Waals surface area contributed by atoms with Crippen LogP contribution >= 0.6 is 21.3 Å². The molecule has 1 saturated heterocycles. The standard InChI is InChI=1S/C16H36S2Si2/c1-13(2,3)19(14(4,5)6)17-20(18-19,15(7,8)9)16(10,11)12/h1-12H3. The molecule has 0 aromatic carbocycles. The summed E-state index contributed by atoms with van der Waals surface area (Å²) in [6, 6.07) is 0. The first-order valence-electron chi connectivity index (χ1n) is 7.82. The van der Waals surface area contributed by atoms with Crippen LogP contribution in [0, 0.1) is 0 Å². The zero-order chi connectivity index (χ0) is 16.4. The van der Waals surface area contributed by atoms with Crippen LogP contribution < -0.4 is 0 Å². The van der Waals surface area contributed by atoms with Crippen molar-refractivity contribution in [2.45, 2.75) is 103 Å². The summed E-state index contributed by atoms with van der Waals surface area (Å²) >= 11 is 0.